The monoisotopic (exact) mass is 351 g/mol. The van der Waals surface area contributed by atoms with Gasteiger partial charge >= 0.3 is 0 Å². The van der Waals surface area contributed by atoms with Crippen molar-refractivity contribution in [2.75, 3.05) is 7.11 Å². The number of hydrogen-bond acceptors (Lipinski definition) is 3. The molecule has 5 nitrogen and oxygen atoms in total. The average molecular weight is 351 g/mol. The number of methoxy groups -OCH3 is 1. The summed E-state index contributed by atoms with van der Waals surface area (Å²) in [5, 5.41) is 3.13. The molecule has 136 valence electrons. The van der Waals surface area contributed by atoms with Crippen LogP contribution in [0.3, 0.4) is 0 Å². The van der Waals surface area contributed by atoms with Crippen molar-refractivity contribution in [3.05, 3.63) is 59.9 Å². The van der Waals surface area contributed by atoms with Gasteiger partial charge in [0, 0.05) is 6.42 Å². The first-order valence-corrected chi connectivity index (χ1v) is 8.93. The zero-order valence-corrected chi connectivity index (χ0v) is 15.5. The third-order valence-corrected chi connectivity index (χ3v) is 4.49. The van der Waals surface area contributed by atoms with E-state index in [4.69, 9.17) is 4.74 Å². The number of imidazole rings is 1. The van der Waals surface area contributed by atoms with Crippen molar-refractivity contribution in [3.8, 4) is 5.75 Å². The molecule has 1 amide bonds. The molecule has 0 saturated heterocycles. The molecule has 0 unspecified atom stereocenters. The van der Waals surface area contributed by atoms with Crippen LogP contribution in [0.25, 0.3) is 11.0 Å². The quantitative estimate of drug-likeness (QED) is 0.676. The molecule has 0 saturated carbocycles. The second kappa shape index (κ2) is 8.04. The number of aromatic amines is 1. The van der Waals surface area contributed by atoms with Gasteiger partial charge in [0.2, 0.25) is 5.91 Å². The van der Waals surface area contributed by atoms with E-state index in [9.17, 15) is 4.79 Å². The van der Waals surface area contributed by atoms with Gasteiger partial charge in [0.15, 0.2) is 0 Å². The Kier molecular flexibility index (Phi) is 5.56. The van der Waals surface area contributed by atoms with E-state index in [0.29, 0.717) is 12.8 Å². The van der Waals surface area contributed by atoms with Gasteiger partial charge in [-0.3, -0.25) is 4.79 Å². The number of benzene rings is 2. The molecule has 2 N–H and O–H groups in total. The summed E-state index contributed by atoms with van der Waals surface area (Å²) in [6.07, 6.45) is 1.14. The van der Waals surface area contributed by atoms with E-state index < -0.39 is 0 Å². The Morgan fingerprint density at radius 1 is 1.15 bits per heavy atom. The van der Waals surface area contributed by atoms with Gasteiger partial charge in [0.25, 0.3) is 0 Å². The van der Waals surface area contributed by atoms with Crippen LogP contribution in [0, 0.1) is 5.92 Å². The zero-order valence-electron chi connectivity index (χ0n) is 15.5. The second-order valence-electron chi connectivity index (χ2n) is 6.78. The Morgan fingerprint density at radius 2 is 1.88 bits per heavy atom. The van der Waals surface area contributed by atoms with Crippen molar-refractivity contribution in [3.63, 3.8) is 0 Å². The number of ether oxygens (including phenoxy) is 1. The van der Waals surface area contributed by atoms with E-state index in [2.05, 4.69) is 29.1 Å². The third-order valence-electron chi connectivity index (χ3n) is 4.49. The van der Waals surface area contributed by atoms with E-state index in [-0.39, 0.29) is 17.9 Å². The maximum atomic E-state index is 12.5. The molecule has 0 fully saturated rings. The molecule has 5 heteroatoms. The summed E-state index contributed by atoms with van der Waals surface area (Å²) in [5.74, 6) is 1.89. The number of nitrogens with zero attached hydrogens (tertiary/aromatic N) is 1. The highest BCUT2D eigenvalue weighted by atomic mass is 16.5. The molecular weight excluding hydrogens is 326 g/mol. The molecule has 0 aliphatic heterocycles. The summed E-state index contributed by atoms with van der Waals surface area (Å²) in [6, 6.07) is 15.6. The van der Waals surface area contributed by atoms with Crippen LogP contribution in [0.4, 0.5) is 0 Å². The van der Waals surface area contributed by atoms with Gasteiger partial charge in [0.05, 0.1) is 24.2 Å². The van der Waals surface area contributed by atoms with Crippen LogP contribution in [0.2, 0.25) is 0 Å². The van der Waals surface area contributed by atoms with Gasteiger partial charge in [-0.05, 0) is 42.2 Å². The fraction of sp³-hybridized carbons (Fsp3) is 0.333. The smallest absolute Gasteiger partial charge is 0.220 e. The topological polar surface area (TPSA) is 67.0 Å². The average Bonchev–Trinajstić information content (AvgIpc) is 3.08. The molecule has 1 heterocycles. The molecule has 1 aromatic heterocycles. The lowest BCUT2D eigenvalue weighted by molar-refractivity contribution is -0.122. The number of carbonyl (C=O) groups excluding carboxylic acids is 1. The summed E-state index contributed by atoms with van der Waals surface area (Å²) in [6.45, 7) is 4.17. The Bertz CT molecular complexity index is 835. The minimum atomic E-state index is -0.134. The van der Waals surface area contributed by atoms with Gasteiger partial charge in [-0.25, -0.2) is 4.98 Å². The number of aryl methyl sites for hydroxylation is 1. The molecule has 1 atom stereocenters. The largest absolute Gasteiger partial charge is 0.497 e. The van der Waals surface area contributed by atoms with Gasteiger partial charge in [-0.15, -0.1) is 0 Å². The molecule has 3 rings (SSSR count). The highest BCUT2D eigenvalue weighted by molar-refractivity contribution is 5.77. The van der Waals surface area contributed by atoms with Gasteiger partial charge in [-0.2, -0.15) is 0 Å². The number of amides is 1. The fourth-order valence-electron chi connectivity index (χ4n) is 2.97. The second-order valence-corrected chi connectivity index (χ2v) is 6.78. The molecule has 0 spiro atoms. The van der Waals surface area contributed by atoms with E-state index >= 15 is 0 Å². The number of nitrogens with one attached hydrogen (secondary N) is 2. The number of fused-ring (bicyclic) bond motifs is 1. The van der Waals surface area contributed by atoms with Crippen LogP contribution >= 0.6 is 0 Å². The summed E-state index contributed by atoms with van der Waals surface area (Å²) in [4.78, 5) is 20.4. The van der Waals surface area contributed by atoms with Crippen molar-refractivity contribution in [2.45, 2.75) is 32.7 Å². The highest BCUT2D eigenvalue weighted by Crippen LogP contribution is 2.22. The Hall–Kier alpha value is -2.82. The summed E-state index contributed by atoms with van der Waals surface area (Å²) in [7, 11) is 1.65. The van der Waals surface area contributed by atoms with E-state index in [1.54, 1.807) is 7.11 Å². The number of H-pyrrole nitrogens is 1. The van der Waals surface area contributed by atoms with E-state index in [1.807, 2.05) is 48.5 Å². The van der Waals surface area contributed by atoms with Crippen LogP contribution in [0.15, 0.2) is 48.5 Å². The normalized spacial score (nSPS) is 12.3. The first-order valence-electron chi connectivity index (χ1n) is 8.93. The summed E-state index contributed by atoms with van der Waals surface area (Å²) < 4.78 is 5.16. The zero-order chi connectivity index (χ0) is 18.5. The van der Waals surface area contributed by atoms with Gasteiger partial charge in [-0.1, -0.05) is 38.1 Å². The Labute approximate surface area is 153 Å². The molecule has 0 radical (unpaired) electrons. The SMILES string of the molecule is COc1ccc(CCC(=O)N[C@@H](c2nc3ccccc3[nH]2)C(C)C)cc1. The van der Waals surface area contributed by atoms with Crippen molar-refractivity contribution in [1.82, 2.24) is 15.3 Å². The third kappa shape index (κ3) is 4.23. The highest BCUT2D eigenvalue weighted by Gasteiger charge is 2.21. The standard InChI is InChI=1S/C21H25N3O2/c1-14(2)20(21-22-17-6-4-5-7-18(17)23-21)24-19(25)13-10-15-8-11-16(26-3)12-9-15/h4-9,11-12,14,20H,10,13H2,1-3H3,(H,22,23)(H,24,25)/t20-/m1/s1. The molecular formula is C21H25N3O2. The minimum absolute atomic E-state index is 0.0278. The number of para-hydroxylation sites is 2. The molecule has 3 aromatic rings. The molecule has 0 bridgehead atoms. The lowest BCUT2D eigenvalue weighted by Crippen LogP contribution is -2.32. The van der Waals surface area contributed by atoms with Crippen molar-refractivity contribution < 1.29 is 9.53 Å². The van der Waals surface area contributed by atoms with Gasteiger partial charge < -0.3 is 15.0 Å². The van der Waals surface area contributed by atoms with Crippen LogP contribution in [0.1, 0.15) is 37.7 Å². The van der Waals surface area contributed by atoms with E-state index in [1.165, 1.54) is 0 Å². The van der Waals surface area contributed by atoms with Crippen LogP contribution in [-0.4, -0.2) is 23.0 Å². The van der Waals surface area contributed by atoms with Crippen molar-refractivity contribution in [1.29, 1.82) is 0 Å². The van der Waals surface area contributed by atoms with E-state index in [0.717, 1.165) is 28.2 Å². The molecule has 0 aliphatic rings. The first kappa shape index (κ1) is 18.0. The Morgan fingerprint density at radius 3 is 2.54 bits per heavy atom. The van der Waals surface area contributed by atoms with Crippen LogP contribution in [-0.2, 0) is 11.2 Å². The maximum Gasteiger partial charge on any atom is 0.220 e. The predicted molar refractivity (Wildman–Crippen MR) is 103 cm³/mol. The summed E-state index contributed by atoms with van der Waals surface area (Å²) >= 11 is 0. The van der Waals surface area contributed by atoms with Gasteiger partial charge in [0.1, 0.15) is 11.6 Å². The Balaban J connectivity index is 1.64. The summed E-state index contributed by atoms with van der Waals surface area (Å²) in [5.41, 5.74) is 3.02. The maximum absolute atomic E-state index is 12.5. The number of carbonyl (C=O) groups is 1. The number of hydrogen-bond donors (Lipinski definition) is 2. The number of rotatable bonds is 7. The fourth-order valence-corrected chi connectivity index (χ4v) is 2.97. The van der Waals surface area contributed by atoms with Crippen LogP contribution in [0.5, 0.6) is 5.75 Å². The van der Waals surface area contributed by atoms with Crippen LogP contribution < -0.4 is 10.1 Å². The number of aromatic nitrogens is 2. The van der Waals surface area contributed by atoms with Crippen molar-refractivity contribution in [2.24, 2.45) is 5.92 Å². The first-order chi connectivity index (χ1) is 12.6. The molecule has 2 aromatic carbocycles. The lowest BCUT2D eigenvalue weighted by atomic mass is 10.0. The molecule has 26 heavy (non-hydrogen) atoms. The van der Waals surface area contributed by atoms with Crippen molar-refractivity contribution >= 4 is 16.9 Å². The molecule has 0 aliphatic carbocycles. The minimum Gasteiger partial charge on any atom is -0.497 e. The predicted octanol–water partition coefficient (Wildman–Crippen LogP) is 4.02. The lowest BCUT2D eigenvalue weighted by Gasteiger charge is -2.20.